The highest BCUT2D eigenvalue weighted by Crippen LogP contribution is 2.34. The smallest absolute Gasteiger partial charge is 0.308 e. The first-order valence-electron chi connectivity index (χ1n) is 5.82. The molecule has 0 aromatic heterocycles. The summed E-state index contributed by atoms with van der Waals surface area (Å²) in [6, 6.07) is 3.20. The first-order chi connectivity index (χ1) is 8.90. The molecule has 1 aliphatic rings. The molecule has 1 fully saturated rings. The summed E-state index contributed by atoms with van der Waals surface area (Å²) in [7, 11) is 0. The Bertz CT molecular complexity index is 534. The standard InChI is InChI=1S/C12H13FN2O4/c1-7-5-14(6-9(7)12(16)17)11-4-8(13)2-3-10(11)15(18)19/h2-4,7,9H,5-6H2,1H3,(H,16,17)/t7-,9-/m1/s1. The molecule has 102 valence electrons. The number of hydrogen-bond donors (Lipinski definition) is 1. The molecule has 0 unspecified atom stereocenters. The van der Waals surface area contributed by atoms with E-state index in [1.165, 1.54) is 0 Å². The number of nitro groups is 1. The maximum absolute atomic E-state index is 13.3. The monoisotopic (exact) mass is 268 g/mol. The van der Waals surface area contributed by atoms with E-state index >= 15 is 0 Å². The van der Waals surface area contributed by atoms with Crippen LogP contribution in [0.4, 0.5) is 15.8 Å². The van der Waals surface area contributed by atoms with Crippen molar-refractivity contribution in [3.05, 3.63) is 34.1 Å². The van der Waals surface area contributed by atoms with Gasteiger partial charge in [-0.15, -0.1) is 0 Å². The molecule has 0 radical (unpaired) electrons. The zero-order chi connectivity index (χ0) is 14.2. The molecule has 0 saturated carbocycles. The van der Waals surface area contributed by atoms with Crippen LogP contribution in [0.5, 0.6) is 0 Å². The van der Waals surface area contributed by atoms with Gasteiger partial charge in [0.2, 0.25) is 0 Å². The average Bonchev–Trinajstić information content (AvgIpc) is 2.70. The zero-order valence-corrected chi connectivity index (χ0v) is 10.2. The highest BCUT2D eigenvalue weighted by Gasteiger charge is 2.37. The van der Waals surface area contributed by atoms with E-state index in [0.29, 0.717) is 6.54 Å². The SMILES string of the molecule is C[C@@H]1CN(c2cc(F)ccc2[N+](=O)[O-])C[C@H]1C(=O)O. The van der Waals surface area contributed by atoms with Gasteiger partial charge < -0.3 is 10.0 Å². The van der Waals surface area contributed by atoms with Gasteiger partial charge in [-0.05, 0) is 12.0 Å². The third-order valence-electron chi connectivity index (χ3n) is 3.40. The van der Waals surface area contributed by atoms with E-state index in [2.05, 4.69) is 0 Å². The molecule has 0 spiro atoms. The molecule has 7 heteroatoms. The second-order valence-electron chi connectivity index (χ2n) is 4.72. The number of hydrogen-bond acceptors (Lipinski definition) is 4. The number of carboxylic acid groups (broad SMARTS) is 1. The molecule has 0 amide bonds. The molecule has 2 atom stereocenters. The molecular weight excluding hydrogens is 255 g/mol. The Morgan fingerprint density at radius 1 is 1.53 bits per heavy atom. The van der Waals surface area contributed by atoms with E-state index in [1.54, 1.807) is 11.8 Å². The predicted molar refractivity (Wildman–Crippen MR) is 65.6 cm³/mol. The first kappa shape index (κ1) is 13.3. The van der Waals surface area contributed by atoms with Gasteiger partial charge >= 0.3 is 5.97 Å². The second kappa shape index (κ2) is 4.83. The van der Waals surface area contributed by atoms with E-state index in [0.717, 1.165) is 18.2 Å². The lowest BCUT2D eigenvalue weighted by atomic mass is 9.99. The molecule has 2 rings (SSSR count). The van der Waals surface area contributed by atoms with Crippen molar-refractivity contribution in [2.75, 3.05) is 18.0 Å². The Labute approximate surface area is 108 Å². The minimum absolute atomic E-state index is 0.139. The number of anilines is 1. The van der Waals surface area contributed by atoms with Crippen LogP contribution in [0.25, 0.3) is 0 Å². The van der Waals surface area contributed by atoms with Crippen molar-refractivity contribution in [2.45, 2.75) is 6.92 Å². The Balaban J connectivity index is 2.35. The molecule has 1 heterocycles. The Hall–Kier alpha value is -2.18. The van der Waals surface area contributed by atoms with Crippen LogP contribution in [0.3, 0.4) is 0 Å². The average molecular weight is 268 g/mol. The number of carbonyl (C=O) groups is 1. The maximum atomic E-state index is 13.3. The van der Waals surface area contributed by atoms with Gasteiger partial charge in [0.25, 0.3) is 5.69 Å². The lowest BCUT2D eigenvalue weighted by molar-refractivity contribution is -0.384. The van der Waals surface area contributed by atoms with Crippen molar-refractivity contribution < 1.29 is 19.2 Å². The molecule has 1 aromatic rings. The molecule has 1 saturated heterocycles. The molecule has 19 heavy (non-hydrogen) atoms. The Morgan fingerprint density at radius 2 is 2.21 bits per heavy atom. The first-order valence-corrected chi connectivity index (χ1v) is 5.82. The van der Waals surface area contributed by atoms with Gasteiger partial charge in [-0.25, -0.2) is 4.39 Å². The van der Waals surface area contributed by atoms with Gasteiger partial charge in [0.05, 0.1) is 10.8 Å². The number of nitro benzene ring substituents is 1. The molecular formula is C12H13FN2O4. The van der Waals surface area contributed by atoms with E-state index in [1.807, 2.05) is 0 Å². The topological polar surface area (TPSA) is 83.7 Å². The summed E-state index contributed by atoms with van der Waals surface area (Å²) >= 11 is 0. The van der Waals surface area contributed by atoms with Crippen molar-refractivity contribution in [3.8, 4) is 0 Å². The molecule has 0 aliphatic carbocycles. The lowest BCUT2D eigenvalue weighted by Crippen LogP contribution is -2.23. The van der Waals surface area contributed by atoms with Crippen molar-refractivity contribution >= 4 is 17.3 Å². The largest absolute Gasteiger partial charge is 0.481 e. The highest BCUT2D eigenvalue weighted by atomic mass is 19.1. The van der Waals surface area contributed by atoms with Crippen molar-refractivity contribution in [3.63, 3.8) is 0 Å². The predicted octanol–water partition coefficient (Wildman–Crippen LogP) is 1.89. The quantitative estimate of drug-likeness (QED) is 0.668. The Kier molecular flexibility index (Phi) is 3.37. The van der Waals surface area contributed by atoms with Crippen LogP contribution < -0.4 is 4.90 Å². The molecule has 6 nitrogen and oxygen atoms in total. The molecule has 1 aliphatic heterocycles. The van der Waals surface area contributed by atoms with Crippen LogP contribution in [0, 0.1) is 27.8 Å². The summed E-state index contributed by atoms with van der Waals surface area (Å²) < 4.78 is 13.3. The summed E-state index contributed by atoms with van der Waals surface area (Å²) in [6.45, 7) is 2.28. The number of halogens is 1. The summed E-state index contributed by atoms with van der Waals surface area (Å²) in [6.07, 6.45) is 0. The number of aliphatic carboxylic acids is 1. The van der Waals surface area contributed by atoms with E-state index < -0.39 is 22.6 Å². The molecule has 0 bridgehead atoms. The summed E-state index contributed by atoms with van der Waals surface area (Å²) in [5, 5.41) is 20.0. The van der Waals surface area contributed by atoms with Crippen LogP contribution in [-0.4, -0.2) is 29.1 Å². The van der Waals surface area contributed by atoms with Gasteiger partial charge in [-0.3, -0.25) is 14.9 Å². The number of carboxylic acids is 1. The van der Waals surface area contributed by atoms with E-state index in [-0.39, 0.29) is 23.8 Å². The van der Waals surface area contributed by atoms with E-state index in [9.17, 15) is 19.3 Å². The van der Waals surface area contributed by atoms with Gasteiger partial charge in [0.15, 0.2) is 0 Å². The minimum atomic E-state index is -0.936. The highest BCUT2D eigenvalue weighted by molar-refractivity contribution is 5.74. The summed E-state index contributed by atoms with van der Waals surface area (Å²) in [5.74, 6) is -2.25. The number of rotatable bonds is 3. The van der Waals surface area contributed by atoms with Crippen LogP contribution in [0.15, 0.2) is 18.2 Å². The lowest BCUT2D eigenvalue weighted by Gasteiger charge is -2.18. The maximum Gasteiger partial charge on any atom is 0.308 e. The zero-order valence-electron chi connectivity index (χ0n) is 10.2. The normalized spacial score (nSPS) is 22.5. The number of nitrogens with zero attached hydrogens (tertiary/aromatic N) is 2. The third-order valence-corrected chi connectivity index (χ3v) is 3.40. The summed E-state index contributed by atoms with van der Waals surface area (Å²) in [4.78, 5) is 22.9. The van der Waals surface area contributed by atoms with Crippen LogP contribution in [0.1, 0.15) is 6.92 Å². The third kappa shape index (κ3) is 2.49. The van der Waals surface area contributed by atoms with Crippen molar-refractivity contribution in [2.24, 2.45) is 11.8 Å². The second-order valence-corrected chi connectivity index (χ2v) is 4.72. The van der Waals surface area contributed by atoms with Gasteiger partial charge in [-0.2, -0.15) is 0 Å². The van der Waals surface area contributed by atoms with Gasteiger partial charge in [0.1, 0.15) is 11.5 Å². The van der Waals surface area contributed by atoms with Gasteiger partial charge in [-0.1, -0.05) is 6.92 Å². The fraction of sp³-hybridized carbons (Fsp3) is 0.417. The molecule has 1 N–H and O–H groups in total. The van der Waals surface area contributed by atoms with Crippen LogP contribution in [-0.2, 0) is 4.79 Å². The minimum Gasteiger partial charge on any atom is -0.481 e. The van der Waals surface area contributed by atoms with E-state index in [4.69, 9.17) is 5.11 Å². The fourth-order valence-electron chi connectivity index (χ4n) is 2.39. The van der Waals surface area contributed by atoms with Gasteiger partial charge in [0, 0.05) is 25.2 Å². The van der Waals surface area contributed by atoms with Crippen molar-refractivity contribution in [1.29, 1.82) is 0 Å². The fourth-order valence-corrected chi connectivity index (χ4v) is 2.39. The Morgan fingerprint density at radius 3 is 2.74 bits per heavy atom. The molecule has 1 aromatic carbocycles. The number of benzene rings is 1. The van der Waals surface area contributed by atoms with Crippen LogP contribution in [0.2, 0.25) is 0 Å². The summed E-state index contributed by atoms with van der Waals surface area (Å²) in [5.41, 5.74) is -0.0692. The van der Waals surface area contributed by atoms with Crippen molar-refractivity contribution in [1.82, 2.24) is 0 Å². The van der Waals surface area contributed by atoms with Crippen LogP contribution >= 0.6 is 0 Å².